The smallest absolute Gasteiger partial charge is 0.157 e. The lowest BCUT2D eigenvalue weighted by atomic mass is 10.0. The molecule has 5 nitrogen and oxygen atoms in total. The van der Waals surface area contributed by atoms with Gasteiger partial charge >= 0.3 is 0 Å². The maximum atomic E-state index is 9.51. The number of aliphatic hydroxyl groups excluding tert-OH is 2. The van der Waals surface area contributed by atoms with E-state index in [0.717, 1.165) is 0 Å². The molecule has 72 valence electrons. The Kier molecular flexibility index (Phi) is 3.42. The standard InChI is InChI=1S/C7H15NO4/c1-11-4-2-6(9)12-5(3-8)7(4)10/h4-7,9-10H,2-3,8H2,1H3/t4-,5+,6-,7-/m0/s1. The van der Waals surface area contributed by atoms with E-state index in [1.807, 2.05) is 0 Å². The molecule has 0 radical (unpaired) electrons. The van der Waals surface area contributed by atoms with Gasteiger partial charge in [0.15, 0.2) is 6.29 Å². The molecule has 0 aromatic carbocycles. The summed E-state index contributed by atoms with van der Waals surface area (Å²) < 4.78 is 9.94. The third-order valence-electron chi connectivity index (χ3n) is 2.06. The van der Waals surface area contributed by atoms with Crippen LogP contribution in [0.15, 0.2) is 0 Å². The van der Waals surface area contributed by atoms with Crippen LogP contribution in [0, 0.1) is 0 Å². The van der Waals surface area contributed by atoms with Crippen molar-refractivity contribution >= 4 is 0 Å². The van der Waals surface area contributed by atoms with Crippen LogP contribution in [0.3, 0.4) is 0 Å². The zero-order chi connectivity index (χ0) is 9.14. The summed E-state index contributed by atoms with van der Waals surface area (Å²) in [5, 5.41) is 18.7. The van der Waals surface area contributed by atoms with Crippen LogP contribution in [-0.4, -0.2) is 48.5 Å². The Labute approximate surface area is 71.1 Å². The van der Waals surface area contributed by atoms with Crippen LogP contribution in [0.5, 0.6) is 0 Å². The van der Waals surface area contributed by atoms with Gasteiger partial charge in [-0.3, -0.25) is 0 Å². The molecule has 1 heterocycles. The predicted molar refractivity (Wildman–Crippen MR) is 41.4 cm³/mol. The molecule has 4 N–H and O–H groups in total. The molecule has 5 heteroatoms. The number of methoxy groups -OCH3 is 1. The van der Waals surface area contributed by atoms with Gasteiger partial charge in [-0.2, -0.15) is 0 Å². The van der Waals surface area contributed by atoms with E-state index in [-0.39, 0.29) is 19.1 Å². The van der Waals surface area contributed by atoms with Crippen molar-refractivity contribution in [2.75, 3.05) is 13.7 Å². The summed E-state index contributed by atoms with van der Waals surface area (Å²) in [6.07, 6.45) is -2.26. The van der Waals surface area contributed by atoms with E-state index in [1.165, 1.54) is 7.11 Å². The van der Waals surface area contributed by atoms with Crippen molar-refractivity contribution in [3.8, 4) is 0 Å². The zero-order valence-electron chi connectivity index (χ0n) is 7.01. The molecule has 0 aliphatic carbocycles. The topological polar surface area (TPSA) is 84.9 Å². The largest absolute Gasteiger partial charge is 0.388 e. The molecule has 4 atom stereocenters. The highest BCUT2D eigenvalue weighted by Crippen LogP contribution is 2.20. The maximum Gasteiger partial charge on any atom is 0.157 e. The third-order valence-corrected chi connectivity index (χ3v) is 2.06. The first-order valence-electron chi connectivity index (χ1n) is 3.93. The molecule has 1 saturated heterocycles. The first-order chi connectivity index (χ1) is 5.69. The summed E-state index contributed by atoms with van der Waals surface area (Å²) in [5.74, 6) is 0. The first-order valence-corrected chi connectivity index (χ1v) is 3.93. The quantitative estimate of drug-likeness (QED) is 0.474. The van der Waals surface area contributed by atoms with Crippen LogP contribution in [0.2, 0.25) is 0 Å². The molecule has 1 rings (SSSR count). The van der Waals surface area contributed by atoms with E-state index in [2.05, 4.69) is 0 Å². The second-order valence-electron chi connectivity index (χ2n) is 2.87. The van der Waals surface area contributed by atoms with Gasteiger partial charge in [-0.05, 0) is 0 Å². The van der Waals surface area contributed by atoms with E-state index < -0.39 is 18.5 Å². The van der Waals surface area contributed by atoms with E-state index in [0.29, 0.717) is 0 Å². The van der Waals surface area contributed by atoms with E-state index in [9.17, 15) is 5.11 Å². The average Bonchev–Trinajstić information content (AvgIpc) is 2.08. The lowest BCUT2D eigenvalue weighted by molar-refractivity contribution is -0.233. The molecule has 0 bridgehead atoms. The van der Waals surface area contributed by atoms with Crippen molar-refractivity contribution in [1.82, 2.24) is 0 Å². The molecule has 1 fully saturated rings. The zero-order valence-corrected chi connectivity index (χ0v) is 7.01. The second-order valence-corrected chi connectivity index (χ2v) is 2.87. The third kappa shape index (κ3) is 1.94. The van der Waals surface area contributed by atoms with Crippen LogP contribution in [-0.2, 0) is 9.47 Å². The minimum atomic E-state index is -0.883. The Morgan fingerprint density at radius 3 is 2.75 bits per heavy atom. The molecule has 0 aromatic heterocycles. The summed E-state index contributed by atoms with van der Waals surface area (Å²) in [6.45, 7) is 0.179. The Hall–Kier alpha value is -0.200. The molecule has 0 aromatic rings. The highest BCUT2D eigenvalue weighted by Gasteiger charge is 2.36. The van der Waals surface area contributed by atoms with Crippen LogP contribution in [0.1, 0.15) is 6.42 Å². The fourth-order valence-corrected chi connectivity index (χ4v) is 1.35. The summed E-state index contributed by atoms with van der Waals surface area (Å²) in [7, 11) is 1.49. The molecular weight excluding hydrogens is 162 g/mol. The lowest BCUT2D eigenvalue weighted by Gasteiger charge is -2.35. The number of ether oxygens (including phenoxy) is 2. The van der Waals surface area contributed by atoms with Gasteiger partial charge in [0.1, 0.15) is 12.2 Å². The molecule has 0 unspecified atom stereocenters. The summed E-state index contributed by atoms with van der Waals surface area (Å²) >= 11 is 0. The van der Waals surface area contributed by atoms with Gasteiger partial charge in [0.2, 0.25) is 0 Å². The Bertz CT molecular complexity index is 129. The van der Waals surface area contributed by atoms with Crippen molar-refractivity contribution in [3.63, 3.8) is 0 Å². The van der Waals surface area contributed by atoms with Crippen molar-refractivity contribution in [1.29, 1.82) is 0 Å². The van der Waals surface area contributed by atoms with Crippen molar-refractivity contribution < 1.29 is 19.7 Å². The molecule has 1 aliphatic rings. The highest BCUT2D eigenvalue weighted by atomic mass is 16.6. The molecular formula is C7H15NO4. The normalized spacial score (nSPS) is 43.0. The number of aliphatic hydroxyl groups is 2. The van der Waals surface area contributed by atoms with Crippen LogP contribution in [0.4, 0.5) is 0 Å². The number of hydrogen-bond donors (Lipinski definition) is 3. The van der Waals surface area contributed by atoms with E-state index in [4.69, 9.17) is 20.3 Å². The van der Waals surface area contributed by atoms with Gasteiger partial charge in [0, 0.05) is 20.1 Å². The van der Waals surface area contributed by atoms with Gasteiger partial charge in [0.05, 0.1) is 6.10 Å². The van der Waals surface area contributed by atoms with Crippen LogP contribution >= 0.6 is 0 Å². The van der Waals surface area contributed by atoms with Gasteiger partial charge in [-0.15, -0.1) is 0 Å². The number of nitrogens with two attached hydrogens (primary N) is 1. The van der Waals surface area contributed by atoms with Gasteiger partial charge in [-0.1, -0.05) is 0 Å². The fourth-order valence-electron chi connectivity index (χ4n) is 1.35. The Morgan fingerprint density at radius 2 is 2.25 bits per heavy atom. The number of hydrogen-bond acceptors (Lipinski definition) is 5. The van der Waals surface area contributed by atoms with Crippen LogP contribution in [0.25, 0.3) is 0 Å². The Morgan fingerprint density at radius 1 is 1.58 bits per heavy atom. The van der Waals surface area contributed by atoms with E-state index >= 15 is 0 Å². The van der Waals surface area contributed by atoms with Crippen molar-refractivity contribution in [3.05, 3.63) is 0 Å². The molecule has 0 spiro atoms. The second kappa shape index (κ2) is 4.15. The van der Waals surface area contributed by atoms with E-state index in [1.54, 1.807) is 0 Å². The predicted octanol–water partition coefficient (Wildman–Crippen LogP) is -1.57. The van der Waals surface area contributed by atoms with Crippen molar-refractivity contribution in [2.24, 2.45) is 5.73 Å². The monoisotopic (exact) mass is 177 g/mol. The van der Waals surface area contributed by atoms with Gasteiger partial charge in [0.25, 0.3) is 0 Å². The Balaban J connectivity index is 2.55. The average molecular weight is 177 g/mol. The molecule has 12 heavy (non-hydrogen) atoms. The fraction of sp³-hybridized carbons (Fsp3) is 1.00. The molecule has 0 saturated carbocycles. The van der Waals surface area contributed by atoms with Gasteiger partial charge < -0.3 is 25.4 Å². The number of rotatable bonds is 2. The van der Waals surface area contributed by atoms with Crippen LogP contribution < -0.4 is 5.73 Å². The summed E-state index contributed by atoms with van der Waals surface area (Å²) in [6, 6.07) is 0. The summed E-state index contributed by atoms with van der Waals surface area (Å²) in [4.78, 5) is 0. The maximum absolute atomic E-state index is 9.51. The minimum absolute atomic E-state index is 0.179. The molecule has 1 aliphatic heterocycles. The highest BCUT2D eigenvalue weighted by molar-refractivity contribution is 4.83. The van der Waals surface area contributed by atoms with Crippen molar-refractivity contribution in [2.45, 2.75) is 31.0 Å². The lowest BCUT2D eigenvalue weighted by Crippen LogP contribution is -2.51. The first kappa shape index (κ1) is 9.88. The minimum Gasteiger partial charge on any atom is -0.388 e. The molecule has 0 amide bonds. The summed E-state index contributed by atoms with van der Waals surface area (Å²) in [5.41, 5.74) is 5.32. The SMILES string of the molecule is CO[C@H]1C[C@@H](O)O[C@H](CN)[C@H]1O. The van der Waals surface area contributed by atoms with Gasteiger partial charge in [-0.25, -0.2) is 0 Å².